The summed E-state index contributed by atoms with van der Waals surface area (Å²) < 4.78 is 11.2. The van der Waals surface area contributed by atoms with Crippen LogP contribution in [0.1, 0.15) is 47.7 Å². The first-order chi connectivity index (χ1) is 11.5. The molecule has 5 nitrogen and oxygen atoms in total. The van der Waals surface area contributed by atoms with E-state index >= 15 is 0 Å². The second-order valence-electron chi connectivity index (χ2n) is 6.00. The number of oxazole rings is 1. The lowest BCUT2D eigenvalue weighted by Gasteiger charge is -2.33. The highest BCUT2D eigenvalue weighted by Crippen LogP contribution is 2.30. The summed E-state index contributed by atoms with van der Waals surface area (Å²) in [7, 11) is 0. The molecule has 1 aromatic heterocycles. The molecule has 1 saturated heterocycles. The minimum Gasteiger partial charge on any atom is -0.447 e. The summed E-state index contributed by atoms with van der Waals surface area (Å²) in [4.78, 5) is 18.6. The first-order valence-corrected chi connectivity index (χ1v) is 8.52. The Hall–Kier alpha value is -1.56. The number of carbonyl (C=O) groups is 1. The topological polar surface area (TPSA) is 55.6 Å². The van der Waals surface area contributed by atoms with Crippen LogP contribution in [0.3, 0.4) is 0 Å². The Morgan fingerprint density at radius 1 is 1.33 bits per heavy atom. The normalized spacial score (nSPS) is 18.2. The van der Waals surface area contributed by atoms with Gasteiger partial charge in [-0.2, -0.15) is 0 Å². The third-order valence-electron chi connectivity index (χ3n) is 3.99. The van der Waals surface area contributed by atoms with Gasteiger partial charge in [-0.25, -0.2) is 4.98 Å². The van der Waals surface area contributed by atoms with Crippen molar-refractivity contribution in [1.82, 2.24) is 9.88 Å². The molecule has 7 heteroatoms. The van der Waals surface area contributed by atoms with Crippen LogP contribution in [0.2, 0.25) is 10.0 Å². The summed E-state index contributed by atoms with van der Waals surface area (Å²) in [6, 6.07) is 5.37. The largest absolute Gasteiger partial charge is 0.447 e. The number of aromatic nitrogens is 1. The van der Waals surface area contributed by atoms with Crippen LogP contribution in [0, 0.1) is 0 Å². The zero-order chi connectivity index (χ0) is 17.3. The number of carbonyl (C=O) groups excluding carboxylic acids is 1. The van der Waals surface area contributed by atoms with Gasteiger partial charge in [0.2, 0.25) is 0 Å². The molecule has 1 fully saturated rings. The van der Waals surface area contributed by atoms with Crippen LogP contribution in [-0.2, 0) is 4.74 Å². The number of nitrogens with zero attached hydrogens (tertiary/aromatic N) is 2. The monoisotopic (exact) mass is 368 g/mol. The molecule has 1 aromatic carbocycles. The second-order valence-corrected chi connectivity index (χ2v) is 6.82. The van der Waals surface area contributed by atoms with Crippen molar-refractivity contribution in [2.24, 2.45) is 0 Å². The summed E-state index contributed by atoms with van der Waals surface area (Å²) in [5.74, 6) is 0.566. The molecule has 1 amide bonds. The van der Waals surface area contributed by atoms with Gasteiger partial charge in [-0.05, 0) is 17.7 Å². The molecule has 1 aliphatic rings. The van der Waals surface area contributed by atoms with Crippen molar-refractivity contribution >= 4 is 29.1 Å². The van der Waals surface area contributed by atoms with E-state index in [9.17, 15) is 4.79 Å². The minimum atomic E-state index is -0.244. The van der Waals surface area contributed by atoms with Crippen molar-refractivity contribution in [2.45, 2.75) is 25.9 Å². The highest BCUT2D eigenvalue weighted by atomic mass is 35.5. The predicted molar refractivity (Wildman–Crippen MR) is 91.7 cm³/mol. The van der Waals surface area contributed by atoms with Crippen LogP contribution in [0.15, 0.2) is 29.0 Å². The van der Waals surface area contributed by atoms with E-state index in [1.54, 1.807) is 17.0 Å². The first kappa shape index (κ1) is 17.3. The molecular formula is C17H18Cl2N2O3. The summed E-state index contributed by atoms with van der Waals surface area (Å²) in [6.07, 6.45) is 1.08. The first-order valence-electron chi connectivity index (χ1n) is 7.76. The molecule has 1 atom stereocenters. The lowest BCUT2D eigenvalue weighted by Crippen LogP contribution is -2.42. The predicted octanol–water partition coefficient (Wildman–Crippen LogP) is 4.32. The van der Waals surface area contributed by atoms with E-state index in [0.29, 0.717) is 41.2 Å². The van der Waals surface area contributed by atoms with Crippen LogP contribution >= 0.6 is 23.2 Å². The van der Waals surface area contributed by atoms with Gasteiger partial charge in [-0.15, -0.1) is 0 Å². The van der Waals surface area contributed by atoms with Crippen LogP contribution in [0.5, 0.6) is 0 Å². The van der Waals surface area contributed by atoms with Crippen LogP contribution in [-0.4, -0.2) is 35.5 Å². The number of ether oxygens (including phenoxy) is 1. The van der Waals surface area contributed by atoms with Crippen molar-refractivity contribution in [3.05, 3.63) is 51.7 Å². The number of benzene rings is 1. The molecule has 0 radical (unpaired) electrons. The van der Waals surface area contributed by atoms with Gasteiger partial charge >= 0.3 is 0 Å². The smallest absolute Gasteiger partial charge is 0.276 e. The fourth-order valence-corrected chi connectivity index (χ4v) is 3.03. The summed E-state index contributed by atoms with van der Waals surface area (Å²) in [5, 5.41) is 0.966. The fraction of sp³-hybridized carbons (Fsp3) is 0.412. The number of rotatable bonds is 3. The summed E-state index contributed by atoms with van der Waals surface area (Å²) in [5.41, 5.74) is 1.27. The minimum absolute atomic E-state index is 0.0957. The standard InChI is InChI=1S/C17H18Cl2N2O3/c1-10(2)16-15(20-9-24-16)17(22)21-5-6-23-14(8-21)11-3-4-12(18)13(19)7-11/h3-4,7,9-10,14H,5-6,8H2,1-2H3/t14-/m1/s1. The average Bonchev–Trinajstić information content (AvgIpc) is 3.07. The van der Waals surface area contributed by atoms with Gasteiger partial charge < -0.3 is 14.1 Å². The number of hydrogen-bond acceptors (Lipinski definition) is 4. The van der Waals surface area contributed by atoms with Crippen molar-refractivity contribution < 1.29 is 13.9 Å². The maximum absolute atomic E-state index is 12.8. The van der Waals surface area contributed by atoms with Crippen LogP contribution < -0.4 is 0 Å². The van der Waals surface area contributed by atoms with E-state index in [4.69, 9.17) is 32.4 Å². The number of halogens is 2. The van der Waals surface area contributed by atoms with E-state index in [1.165, 1.54) is 6.39 Å². The zero-order valence-corrected chi connectivity index (χ0v) is 15.0. The molecular weight excluding hydrogens is 351 g/mol. The van der Waals surface area contributed by atoms with Crippen molar-refractivity contribution in [3.63, 3.8) is 0 Å². The molecule has 128 valence electrons. The Morgan fingerprint density at radius 3 is 2.83 bits per heavy atom. The lowest BCUT2D eigenvalue weighted by atomic mass is 10.1. The van der Waals surface area contributed by atoms with E-state index in [-0.39, 0.29) is 17.9 Å². The third-order valence-corrected chi connectivity index (χ3v) is 4.73. The molecule has 2 aromatic rings. The third kappa shape index (κ3) is 3.43. The maximum atomic E-state index is 12.8. The molecule has 2 heterocycles. The Labute approximate surface area is 150 Å². The number of amides is 1. The number of morpholine rings is 1. The van der Waals surface area contributed by atoms with E-state index in [2.05, 4.69) is 4.98 Å². The van der Waals surface area contributed by atoms with Crippen molar-refractivity contribution in [1.29, 1.82) is 0 Å². The van der Waals surface area contributed by atoms with Gasteiger partial charge in [0.25, 0.3) is 5.91 Å². The van der Waals surface area contributed by atoms with Gasteiger partial charge in [-0.3, -0.25) is 4.79 Å². The zero-order valence-electron chi connectivity index (χ0n) is 13.5. The highest BCUT2D eigenvalue weighted by Gasteiger charge is 2.30. The van der Waals surface area contributed by atoms with Crippen LogP contribution in [0.25, 0.3) is 0 Å². The van der Waals surface area contributed by atoms with E-state index < -0.39 is 0 Å². The fourth-order valence-electron chi connectivity index (χ4n) is 2.72. The molecule has 0 unspecified atom stereocenters. The molecule has 1 aliphatic heterocycles. The van der Waals surface area contributed by atoms with E-state index in [0.717, 1.165) is 5.56 Å². The van der Waals surface area contributed by atoms with Crippen molar-refractivity contribution in [3.8, 4) is 0 Å². The summed E-state index contributed by atoms with van der Waals surface area (Å²) in [6.45, 7) is 5.33. The highest BCUT2D eigenvalue weighted by molar-refractivity contribution is 6.42. The molecule has 0 saturated carbocycles. The molecule has 0 N–H and O–H groups in total. The second kappa shape index (κ2) is 7.13. The molecule has 0 bridgehead atoms. The van der Waals surface area contributed by atoms with Crippen LogP contribution in [0.4, 0.5) is 0 Å². The quantitative estimate of drug-likeness (QED) is 0.809. The SMILES string of the molecule is CC(C)c1ocnc1C(=O)N1CCO[C@@H](c2ccc(Cl)c(Cl)c2)C1. The van der Waals surface area contributed by atoms with Gasteiger partial charge in [-0.1, -0.05) is 43.1 Å². The Bertz CT molecular complexity index is 745. The molecule has 3 rings (SSSR count). The molecule has 0 aliphatic carbocycles. The Kier molecular flexibility index (Phi) is 5.13. The summed E-state index contributed by atoms with van der Waals surface area (Å²) >= 11 is 12.0. The number of hydrogen-bond donors (Lipinski definition) is 0. The van der Waals surface area contributed by atoms with Crippen molar-refractivity contribution in [2.75, 3.05) is 19.7 Å². The van der Waals surface area contributed by atoms with Gasteiger partial charge in [0.1, 0.15) is 11.9 Å². The molecule has 0 spiro atoms. The average molecular weight is 369 g/mol. The Morgan fingerprint density at radius 2 is 2.12 bits per heavy atom. The molecule has 24 heavy (non-hydrogen) atoms. The van der Waals surface area contributed by atoms with Gasteiger partial charge in [0.15, 0.2) is 12.1 Å². The Balaban J connectivity index is 1.79. The van der Waals surface area contributed by atoms with E-state index in [1.807, 2.05) is 19.9 Å². The van der Waals surface area contributed by atoms with Gasteiger partial charge in [0.05, 0.1) is 23.2 Å². The maximum Gasteiger partial charge on any atom is 0.276 e. The van der Waals surface area contributed by atoms with Gasteiger partial charge in [0, 0.05) is 12.5 Å². The lowest BCUT2D eigenvalue weighted by molar-refractivity contribution is -0.0230.